The van der Waals surface area contributed by atoms with Crippen LogP contribution in [-0.4, -0.2) is 27.1 Å². The van der Waals surface area contributed by atoms with Gasteiger partial charge in [0.25, 0.3) is 5.91 Å². The SMILES string of the molecule is CCCN(Cc1ccccc1)C(=O)c1ccn(-c2ccccc2Cl)n1. The Morgan fingerprint density at radius 1 is 1.08 bits per heavy atom. The van der Waals surface area contributed by atoms with Crippen molar-refractivity contribution in [3.8, 4) is 5.69 Å². The van der Waals surface area contributed by atoms with E-state index in [2.05, 4.69) is 12.0 Å². The number of hydrogen-bond donors (Lipinski definition) is 0. The number of benzene rings is 2. The first-order valence-electron chi connectivity index (χ1n) is 8.33. The minimum Gasteiger partial charge on any atom is -0.333 e. The number of rotatable bonds is 6. The van der Waals surface area contributed by atoms with Gasteiger partial charge in [-0.1, -0.05) is 61.0 Å². The van der Waals surface area contributed by atoms with E-state index in [-0.39, 0.29) is 5.91 Å². The molecule has 0 aliphatic carbocycles. The van der Waals surface area contributed by atoms with Crippen LogP contribution in [0.3, 0.4) is 0 Å². The predicted octanol–water partition coefficient (Wildman–Crippen LogP) is 4.58. The van der Waals surface area contributed by atoms with Crippen molar-refractivity contribution < 1.29 is 4.79 Å². The Morgan fingerprint density at radius 2 is 1.80 bits per heavy atom. The van der Waals surface area contributed by atoms with Crippen LogP contribution in [-0.2, 0) is 6.54 Å². The Balaban J connectivity index is 1.82. The van der Waals surface area contributed by atoms with Crippen LogP contribution >= 0.6 is 11.6 Å². The number of carbonyl (C=O) groups is 1. The first kappa shape index (κ1) is 17.2. The third-order valence-corrected chi connectivity index (χ3v) is 4.22. The van der Waals surface area contributed by atoms with Gasteiger partial charge < -0.3 is 4.90 Å². The molecular formula is C20H20ClN3O. The number of aromatic nitrogens is 2. The minimum atomic E-state index is -0.0727. The molecule has 2 aromatic carbocycles. The molecule has 0 saturated heterocycles. The molecule has 3 aromatic rings. The second kappa shape index (κ2) is 7.99. The first-order chi connectivity index (χ1) is 12.2. The molecule has 1 heterocycles. The van der Waals surface area contributed by atoms with Crippen molar-refractivity contribution in [3.05, 3.63) is 83.1 Å². The summed E-state index contributed by atoms with van der Waals surface area (Å²) in [5, 5.41) is 5.02. The number of carbonyl (C=O) groups excluding carboxylic acids is 1. The number of halogens is 1. The van der Waals surface area contributed by atoms with E-state index in [0.717, 1.165) is 17.7 Å². The fourth-order valence-corrected chi connectivity index (χ4v) is 2.92. The summed E-state index contributed by atoms with van der Waals surface area (Å²) in [4.78, 5) is 14.7. The van der Waals surface area contributed by atoms with Crippen LogP contribution in [0.4, 0.5) is 0 Å². The zero-order chi connectivity index (χ0) is 17.6. The zero-order valence-electron chi connectivity index (χ0n) is 14.1. The van der Waals surface area contributed by atoms with E-state index in [0.29, 0.717) is 23.8 Å². The largest absolute Gasteiger partial charge is 0.333 e. The van der Waals surface area contributed by atoms with Crippen molar-refractivity contribution in [2.75, 3.05) is 6.54 Å². The van der Waals surface area contributed by atoms with Crippen molar-refractivity contribution >= 4 is 17.5 Å². The Hall–Kier alpha value is -2.59. The van der Waals surface area contributed by atoms with Crippen LogP contribution in [0.2, 0.25) is 5.02 Å². The smallest absolute Gasteiger partial charge is 0.274 e. The van der Waals surface area contributed by atoms with Crippen molar-refractivity contribution in [2.24, 2.45) is 0 Å². The predicted molar refractivity (Wildman–Crippen MR) is 100 cm³/mol. The molecule has 0 N–H and O–H groups in total. The lowest BCUT2D eigenvalue weighted by atomic mass is 10.2. The van der Waals surface area contributed by atoms with Gasteiger partial charge in [-0.3, -0.25) is 4.79 Å². The van der Waals surface area contributed by atoms with Crippen molar-refractivity contribution in [1.82, 2.24) is 14.7 Å². The molecule has 3 rings (SSSR count). The molecular weight excluding hydrogens is 334 g/mol. The van der Waals surface area contributed by atoms with Gasteiger partial charge in [0.05, 0.1) is 10.7 Å². The molecule has 25 heavy (non-hydrogen) atoms. The van der Waals surface area contributed by atoms with Gasteiger partial charge in [0.2, 0.25) is 0 Å². The van der Waals surface area contributed by atoms with E-state index < -0.39 is 0 Å². The lowest BCUT2D eigenvalue weighted by Crippen LogP contribution is -2.31. The quantitative estimate of drug-likeness (QED) is 0.650. The third-order valence-electron chi connectivity index (χ3n) is 3.90. The molecule has 0 saturated carbocycles. The minimum absolute atomic E-state index is 0.0727. The number of nitrogens with zero attached hydrogens (tertiary/aromatic N) is 3. The average molecular weight is 354 g/mol. The Morgan fingerprint density at radius 3 is 2.52 bits per heavy atom. The first-order valence-corrected chi connectivity index (χ1v) is 8.70. The van der Waals surface area contributed by atoms with Crippen molar-refractivity contribution in [3.63, 3.8) is 0 Å². The number of hydrogen-bond acceptors (Lipinski definition) is 2. The molecule has 128 valence electrons. The summed E-state index contributed by atoms with van der Waals surface area (Å²) in [6, 6.07) is 19.2. The van der Waals surface area contributed by atoms with E-state index in [1.54, 1.807) is 23.0 Å². The second-order valence-corrected chi connectivity index (χ2v) is 6.22. The standard InChI is InChI=1S/C20H20ClN3O/c1-2-13-23(15-16-8-4-3-5-9-16)20(25)18-12-14-24(22-18)19-11-7-6-10-17(19)21/h3-12,14H,2,13,15H2,1H3. The van der Waals surface area contributed by atoms with Gasteiger partial charge in [-0.15, -0.1) is 0 Å². The van der Waals surface area contributed by atoms with Gasteiger partial charge >= 0.3 is 0 Å². The molecule has 0 fully saturated rings. The monoisotopic (exact) mass is 353 g/mol. The highest BCUT2D eigenvalue weighted by Crippen LogP contribution is 2.19. The maximum Gasteiger partial charge on any atom is 0.274 e. The summed E-state index contributed by atoms with van der Waals surface area (Å²) >= 11 is 6.21. The van der Waals surface area contributed by atoms with E-state index >= 15 is 0 Å². The van der Waals surface area contributed by atoms with Gasteiger partial charge in [-0.2, -0.15) is 5.10 Å². The van der Waals surface area contributed by atoms with Crippen LogP contribution < -0.4 is 0 Å². The van der Waals surface area contributed by atoms with Crippen LogP contribution in [0.1, 0.15) is 29.4 Å². The Labute approximate surface area is 152 Å². The molecule has 0 aliphatic rings. The van der Waals surface area contributed by atoms with Gasteiger partial charge in [-0.25, -0.2) is 4.68 Å². The van der Waals surface area contributed by atoms with Crippen LogP contribution in [0, 0.1) is 0 Å². The molecule has 0 atom stereocenters. The number of amides is 1. The van der Waals surface area contributed by atoms with Crippen LogP contribution in [0.25, 0.3) is 5.69 Å². The van der Waals surface area contributed by atoms with Gasteiger partial charge in [0.15, 0.2) is 5.69 Å². The topological polar surface area (TPSA) is 38.1 Å². The summed E-state index contributed by atoms with van der Waals surface area (Å²) in [7, 11) is 0. The van der Waals surface area contributed by atoms with Gasteiger partial charge in [0.1, 0.15) is 0 Å². The molecule has 0 bridgehead atoms. The van der Waals surface area contributed by atoms with Crippen molar-refractivity contribution in [1.29, 1.82) is 0 Å². The van der Waals surface area contributed by atoms with Crippen LogP contribution in [0.5, 0.6) is 0 Å². The second-order valence-electron chi connectivity index (χ2n) is 5.81. The average Bonchev–Trinajstić information content (AvgIpc) is 3.12. The molecule has 1 aromatic heterocycles. The molecule has 0 spiro atoms. The lowest BCUT2D eigenvalue weighted by Gasteiger charge is -2.21. The molecule has 5 heteroatoms. The van der Waals surface area contributed by atoms with E-state index in [1.165, 1.54) is 0 Å². The highest BCUT2D eigenvalue weighted by atomic mass is 35.5. The Bertz CT molecular complexity index is 845. The molecule has 4 nitrogen and oxygen atoms in total. The third kappa shape index (κ3) is 4.09. The highest BCUT2D eigenvalue weighted by molar-refractivity contribution is 6.32. The summed E-state index contributed by atoms with van der Waals surface area (Å²) in [6.07, 6.45) is 2.66. The maximum absolute atomic E-state index is 12.9. The Kier molecular flexibility index (Phi) is 5.51. The number of para-hydroxylation sites is 1. The summed E-state index contributed by atoms with van der Waals surface area (Å²) in [6.45, 7) is 3.33. The molecule has 0 unspecified atom stereocenters. The van der Waals surface area contributed by atoms with Gasteiger partial charge in [-0.05, 0) is 30.2 Å². The normalized spacial score (nSPS) is 10.6. The zero-order valence-corrected chi connectivity index (χ0v) is 14.9. The summed E-state index contributed by atoms with van der Waals surface area (Å²) in [5.41, 5.74) is 2.28. The van der Waals surface area contributed by atoms with E-state index in [4.69, 9.17) is 11.6 Å². The fourth-order valence-electron chi connectivity index (χ4n) is 2.70. The van der Waals surface area contributed by atoms with Crippen molar-refractivity contribution in [2.45, 2.75) is 19.9 Å². The van der Waals surface area contributed by atoms with E-state index in [1.807, 2.05) is 53.4 Å². The molecule has 1 amide bonds. The molecule has 0 radical (unpaired) electrons. The maximum atomic E-state index is 12.9. The van der Waals surface area contributed by atoms with Crippen LogP contribution in [0.15, 0.2) is 66.9 Å². The van der Waals surface area contributed by atoms with E-state index in [9.17, 15) is 4.79 Å². The fraction of sp³-hybridized carbons (Fsp3) is 0.200. The molecule has 0 aliphatic heterocycles. The lowest BCUT2D eigenvalue weighted by molar-refractivity contribution is 0.0736. The van der Waals surface area contributed by atoms with Gasteiger partial charge in [0, 0.05) is 19.3 Å². The highest BCUT2D eigenvalue weighted by Gasteiger charge is 2.18. The summed E-state index contributed by atoms with van der Waals surface area (Å²) in [5.74, 6) is -0.0727. The summed E-state index contributed by atoms with van der Waals surface area (Å²) < 4.78 is 1.64.